The summed E-state index contributed by atoms with van der Waals surface area (Å²) in [7, 11) is 0. The summed E-state index contributed by atoms with van der Waals surface area (Å²) < 4.78 is 16.9. The lowest BCUT2D eigenvalue weighted by atomic mass is 10.2. The summed E-state index contributed by atoms with van der Waals surface area (Å²) in [5.41, 5.74) is 1.20. The molecule has 1 aromatic rings. The summed E-state index contributed by atoms with van der Waals surface area (Å²) in [4.78, 5) is 0. The van der Waals surface area contributed by atoms with Crippen LogP contribution in [-0.4, -0.2) is 13.3 Å². The minimum atomic E-state index is -0.314. The monoisotopic (exact) mass is 167 g/mol. The van der Waals surface area contributed by atoms with E-state index in [9.17, 15) is 4.39 Å². The minimum absolute atomic E-state index is 0.314. The van der Waals surface area contributed by atoms with Crippen molar-refractivity contribution in [3.63, 3.8) is 0 Å². The van der Waals surface area contributed by atoms with E-state index in [-0.39, 0.29) is 6.67 Å². The van der Waals surface area contributed by atoms with Crippen LogP contribution in [0.1, 0.15) is 12.0 Å². The number of hydrogen-bond donors (Lipinski definition) is 0. The highest BCUT2D eigenvalue weighted by Crippen LogP contribution is 2.11. The summed E-state index contributed by atoms with van der Waals surface area (Å²) in [5, 5.41) is 0. The van der Waals surface area contributed by atoms with Crippen LogP contribution in [0.25, 0.3) is 0 Å². The van der Waals surface area contributed by atoms with Crippen LogP contribution in [0.2, 0.25) is 0 Å². The van der Waals surface area contributed by atoms with Gasteiger partial charge < -0.3 is 4.74 Å². The molecule has 0 N–H and O–H groups in total. The number of halogens is 1. The van der Waals surface area contributed by atoms with Crippen LogP contribution in [0.5, 0.6) is 5.75 Å². The predicted molar refractivity (Wildman–Crippen MR) is 47.3 cm³/mol. The van der Waals surface area contributed by atoms with Gasteiger partial charge in [-0.15, -0.1) is 0 Å². The molecule has 0 aliphatic heterocycles. The number of hydrogen-bond acceptors (Lipinski definition) is 1. The predicted octanol–water partition coefficient (Wildman–Crippen LogP) is 2.73. The number of benzene rings is 1. The van der Waals surface area contributed by atoms with Gasteiger partial charge in [0.1, 0.15) is 5.75 Å². The SMILES string of the molecule is Cc1ccc(OCCC[18F])cc1. The quantitative estimate of drug-likeness (QED) is 0.626. The summed E-state index contributed by atoms with van der Waals surface area (Å²) in [6, 6.07) is 7.75. The topological polar surface area (TPSA) is 9.23 Å². The smallest absolute Gasteiger partial charge is 0.119 e. The Balaban J connectivity index is 2.37. The lowest BCUT2D eigenvalue weighted by molar-refractivity contribution is 0.289. The van der Waals surface area contributed by atoms with Crippen molar-refractivity contribution in [1.82, 2.24) is 0 Å². The van der Waals surface area contributed by atoms with Gasteiger partial charge in [-0.2, -0.15) is 0 Å². The zero-order chi connectivity index (χ0) is 8.81. The first kappa shape index (κ1) is 9.04. The molecule has 0 aromatic heterocycles. The highest BCUT2D eigenvalue weighted by Gasteiger charge is 1.91. The summed E-state index contributed by atoms with van der Waals surface area (Å²) in [6.45, 7) is 2.16. The Hall–Kier alpha value is -1.05. The van der Waals surface area contributed by atoms with Gasteiger partial charge >= 0.3 is 0 Å². The van der Waals surface area contributed by atoms with Crippen molar-refractivity contribution in [3.8, 4) is 5.75 Å². The van der Waals surface area contributed by atoms with Gasteiger partial charge in [0.25, 0.3) is 0 Å². The van der Waals surface area contributed by atoms with E-state index in [1.165, 1.54) is 5.56 Å². The molecule has 0 radical (unpaired) electrons. The third kappa shape index (κ3) is 2.91. The summed E-state index contributed by atoms with van der Waals surface area (Å²) in [5.74, 6) is 0.814. The lowest BCUT2D eigenvalue weighted by Gasteiger charge is -2.03. The Labute approximate surface area is 72.2 Å². The third-order valence-electron chi connectivity index (χ3n) is 1.57. The molecule has 66 valence electrons. The van der Waals surface area contributed by atoms with E-state index in [1.807, 2.05) is 31.2 Å². The lowest BCUT2D eigenvalue weighted by Crippen LogP contribution is -1.97. The fraction of sp³-hybridized carbons (Fsp3) is 0.400. The van der Waals surface area contributed by atoms with Crippen molar-refractivity contribution in [1.29, 1.82) is 0 Å². The van der Waals surface area contributed by atoms with E-state index in [2.05, 4.69) is 0 Å². The second-order valence-electron chi connectivity index (χ2n) is 2.70. The van der Waals surface area contributed by atoms with E-state index in [4.69, 9.17) is 4.74 Å². The number of aryl methyl sites for hydroxylation is 1. The number of alkyl halides is 1. The Kier molecular flexibility index (Phi) is 3.58. The van der Waals surface area contributed by atoms with Gasteiger partial charge in [0.15, 0.2) is 0 Å². The second kappa shape index (κ2) is 4.75. The average molecular weight is 167 g/mol. The molecule has 0 saturated heterocycles. The van der Waals surface area contributed by atoms with Crippen molar-refractivity contribution in [3.05, 3.63) is 29.8 Å². The van der Waals surface area contributed by atoms with Crippen molar-refractivity contribution < 1.29 is 9.13 Å². The van der Waals surface area contributed by atoms with Crippen LogP contribution in [-0.2, 0) is 0 Å². The summed E-state index contributed by atoms with van der Waals surface area (Å²) in [6.07, 6.45) is 0.466. The van der Waals surface area contributed by atoms with Crippen molar-refractivity contribution in [2.45, 2.75) is 13.3 Å². The third-order valence-corrected chi connectivity index (χ3v) is 1.57. The zero-order valence-corrected chi connectivity index (χ0v) is 7.22. The van der Waals surface area contributed by atoms with Gasteiger partial charge in [-0.3, -0.25) is 4.39 Å². The van der Waals surface area contributed by atoms with Gasteiger partial charge in [-0.1, -0.05) is 17.7 Å². The van der Waals surface area contributed by atoms with Crippen molar-refractivity contribution in [2.75, 3.05) is 13.3 Å². The van der Waals surface area contributed by atoms with Gasteiger partial charge in [0.05, 0.1) is 13.3 Å². The maximum Gasteiger partial charge on any atom is 0.119 e. The van der Waals surface area contributed by atoms with Gasteiger partial charge in [0.2, 0.25) is 0 Å². The Bertz CT molecular complexity index is 218. The molecule has 0 heterocycles. The molecule has 0 amide bonds. The van der Waals surface area contributed by atoms with Gasteiger partial charge in [-0.25, -0.2) is 0 Å². The van der Waals surface area contributed by atoms with Crippen LogP contribution in [0.15, 0.2) is 24.3 Å². The molecule has 0 atom stereocenters. The maximum absolute atomic E-state index is 11.7. The Morgan fingerprint density at radius 1 is 1.25 bits per heavy atom. The van der Waals surface area contributed by atoms with E-state index < -0.39 is 0 Å². The average Bonchev–Trinajstić information content (AvgIpc) is 2.09. The standard InChI is InChI=1S/C10H13FO/c1-9-3-5-10(6-4-9)12-8-2-7-11/h3-6H,2,7-8H2,1H3/i11-1. The molecular formula is C10H13FO. The van der Waals surface area contributed by atoms with Crippen LogP contribution < -0.4 is 4.74 Å². The van der Waals surface area contributed by atoms with E-state index in [1.54, 1.807) is 0 Å². The molecule has 2 heteroatoms. The zero-order valence-electron chi connectivity index (χ0n) is 7.22. The maximum atomic E-state index is 11.7. The molecule has 1 aromatic carbocycles. The Morgan fingerprint density at radius 3 is 2.50 bits per heavy atom. The van der Waals surface area contributed by atoms with E-state index in [0.29, 0.717) is 13.0 Å². The minimum Gasteiger partial charge on any atom is -0.494 e. The molecule has 0 saturated carbocycles. The molecule has 0 bridgehead atoms. The summed E-state index contributed by atoms with van der Waals surface area (Å²) >= 11 is 0. The van der Waals surface area contributed by atoms with Gasteiger partial charge in [-0.05, 0) is 19.1 Å². The fourth-order valence-corrected chi connectivity index (χ4v) is 0.879. The molecule has 0 unspecified atom stereocenters. The number of rotatable bonds is 4. The van der Waals surface area contributed by atoms with Crippen LogP contribution in [0.4, 0.5) is 4.39 Å². The molecule has 12 heavy (non-hydrogen) atoms. The van der Waals surface area contributed by atoms with Crippen molar-refractivity contribution in [2.24, 2.45) is 0 Å². The first-order valence-electron chi connectivity index (χ1n) is 4.08. The highest BCUT2D eigenvalue weighted by atomic mass is 18.2. The van der Waals surface area contributed by atoms with E-state index >= 15 is 0 Å². The first-order valence-corrected chi connectivity index (χ1v) is 4.08. The first-order chi connectivity index (χ1) is 5.83. The number of ether oxygens (including phenoxy) is 1. The molecule has 0 spiro atoms. The normalized spacial score (nSPS) is 9.83. The van der Waals surface area contributed by atoms with E-state index in [0.717, 1.165) is 5.75 Å². The molecule has 1 rings (SSSR count). The highest BCUT2D eigenvalue weighted by molar-refractivity contribution is 5.26. The molecular weight excluding hydrogens is 154 g/mol. The molecule has 1 nitrogen and oxygen atoms in total. The molecule has 0 aliphatic carbocycles. The Morgan fingerprint density at radius 2 is 1.92 bits per heavy atom. The van der Waals surface area contributed by atoms with Gasteiger partial charge in [0, 0.05) is 6.42 Å². The van der Waals surface area contributed by atoms with Crippen LogP contribution in [0, 0.1) is 6.92 Å². The fourth-order valence-electron chi connectivity index (χ4n) is 0.879. The van der Waals surface area contributed by atoms with Crippen LogP contribution in [0.3, 0.4) is 0 Å². The molecule has 0 aliphatic rings. The largest absolute Gasteiger partial charge is 0.494 e. The second-order valence-corrected chi connectivity index (χ2v) is 2.70. The van der Waals surface area contributed by atoms with Crippen molar-refractivity contribution >= 4 is 0 Å². The van der Waals surface area contributed by atoms with Crippen LogP contribution >= 0.6 is 0 Å². The molecule has 0 fully saturated rings.